The summed E-state index contributed by atoms with van der Waals surface area (Å²) in [5.74, 6) is -0.462. The molecule has 0 N–H and O–H groups in total. The van der Waals surface area contributed by atoms with Crippen LogP contribution in [0.25, 0.3) is 0 Å². The Hall–Kier alpha value is -1.07. The summed E-state index contributed by atoms with van der Waals surface area (Å²) in [5.41, 5.74) is 1.05. The number of carbonyl (C=O) groups is 1. The summed E-state index contributed by atoms with van der Waals surface area (Å²) in [6, 6.07) is 4.33. The van der Waals surface area contributed by atoms with Gasteiger partial charge >= 0.3 is 5.97 Å². The molecule has 0 aliphatic heterocycles. The van der Waals surface area contributed by atoms with E-state index in [4.69, 9.17) is 15.4 Å². The zero-order valence-electron chi connectivity index (χ0n) is 11.3. The summed E-state index contributed by atoms with van der Waals surface area (Å²) in [4.78, 5) is 12.1. The lowest BCUT2D eigenvalue weighted by atomic mass is 10.1. The Labute approximate surface area is 123 Å². The molecule has 0 amide bonds. The number of halogens is 1. The van der Waals surface area contributed by atoms with Crippen molar-refractivity contribution in [3.8, 4) is 0 Å². The first kappa shape index (κ1) is 15.3. The van der Waals surface area contributed by atoms with Crippen LogP contribution in [0.2, 0.25) is 0 Å². The molecule has 1 saturated carbocycles. The van der Waals surface area contributed by atoms with E-state index in [2.05, 4.69) is 0 Å². The molecule has 0 saturated heterocycles. The SMILES string of the molecule is CCc1ccc(S(=O)(=O)Cl)cc1C(=O)OC1CCCC1. The molecule has 2 rings (SSSR count). The minimum absolute atomic E-state index is 0.0523. The van der Waals surface area contributed by atoms with E-state index in [0.29, 0.717) is 12.0 Å². The average molecular weight is 317 g/mol. The number of aryl methyl sites for hydroxylation is 1. The molecule has 1 fully saturated rings. The van der Waals surface area contributed by atoms with E-state index < -0.39 is 15.0 Å². The predicted octanol–water partition coefficient (Wildman–Crippen LogP) is 3.28. The van der Waals surface area contributed by atoms with Gasteiger partial charge in [0.25, 0.3) is 9.05 Å². The van der Waals surface area contributed by atoms with Crippen LogP contribution >= 0.6 is 10.7 Å². The van der Waals surface area contributed by atoms with E-state index in [0.717, 1.165) is 31.2 Å². The molecule has 1 aliphatic rings. The van der Waals surface area contributed by atoms with Crippen molar-refractivity contribution in [2.75, 3.05) is 0 Å². The van der Waals surface area contributed by atoms with Crippen LogP contribution in [-0.4, -0.2) is 20.5 Å². The van der Waals surface area contributed by atoms with Gasteiger partial charge in [0.1, 0.15) is 6.10 Å². The number of esters is 1. The van der Waals surface area contributed by atoms with Crippen molar-refractivity contribution in [3.05, 3.63) is 29.3 Å². The first-order valence-corrected chi connectivity index (χ1v) is 9.01. The van der Waals surface area contributed by atoms with E-state index in [-0.39, 0.29) is 11.0 Å². The lowest BCUT2D eigenvalue weighted by Crippen LogP contribution is -2.16. The molecule has 0 radical (unpaired) electrons. The fraction of sp³-hybridized carbons (Fsp3) is 0.500. The second-order valence-electron chi connectivity index (χ2n) is 4.92. The molecule has 0 heterocycles. The number of hydrogen-bond acceptors (Lipinski definition) is 4. The first-order valence-electron chi connectivity index (χ1n) is 6.70. The van der Waals surface area contributed by atoms with Gasteiger partial charge in [0.05, 0.1) is 10.5 Å². The number of benzene rings is 1. The van der Waals surface area contributed by atoms with E-state index in [1.54, 1.807) is 6.07 Å². The largest absolute Gasteiger partial charge is 0.459 e. The van der Waals surface area contributed by atoms with Gasteiger partial charge in [-0.15, -0.1) is 0 Å². The van der Waals surface area contributed by atoms with Crippen LogP contribution in [0.15, 0.2) is 23.1 Å². The van der Waals surface area contributed by atoms with Gasteiger partial charge in [0.15, 0.2) is 0 Å². The summed E-state index contributed by atoms with van der Waals surface area (Å²) in [7, 11) is 1.47. The quantitative estimate of drug-likeness (QED) is 0.632. The third-order valence-corrected chi connectivity index (χ3v) is 4.89. The van der Waals surface area contributed by atoms with Crippen LogP contribution in [0.3, 0.4) is 0 Å². The summed E-state index contributed by atoms with van der Waals surface area (Å²) >= 11 is 0. The summed E-state index contributed by atoms with van der Waals surface area (Å²) in [6.45, 7) is 1.90. The van der Waals surface area contributed by atoms with E-state index in [1.807, 2.05) is 6.92 Å². The molecule has 6 heteroatoms. The Bertz CT molecular complexity index is 604. The molecular formula is C14H17ClO4S. The van der Waals surface area contributed by atoms with Crippen molar-refractivity contribution in [2.45, 2.75) is 50.0 Å². The Morgan fingerprint density at radius 1 is 1.35 bits per heavy atom. The number of carbonyl (C=O) groups excluding carboxylic acids is 1. The summed E-state index contributed by atoms with van der Waals surface area (Å²) in [5, 5.41) is 0. The van der Waals surface area contributed by atoms with Crippen LogP contribution in [0.4, 0.5) is 0 Å². The summed E-state index contributed by atoms with van der Waals surface area (Å²) in [6.07, 6.45) is 4.45. The Morgan fingerprint density at radius 2 is 2.00 bits per heavy atom. The van der Waals surface area contributed by atoms with Crippen molar-refractivity contribution >= 4 is 25.7 Å². The summed E-state index contributed by atoms with van der Waals surface area (Å²) < 4.78 is 28.2. The maximum Gasteiger partial charge on any atom is 0.338 e. The first-order chi connectivity index (χ1) is 9.41. The Balaban J connectivity index is 2.29. The number of ether oxygens (including phenoxy) is 1. The second-order valence-corrected chi connectivity index (χ2v) is 7.49. The van der Waals surface area contributed by atoms with E-state index in [1.165, 1.54) is 12.1 Å². The molecule has 1 aliphatic carbocycles. The van der Waals surface area contributed by atoms with Crippen molar-refractivity contribution in [1.29, 1.82) is 0 Å². The highest BCUT2D eigenvalue weighted by atomic mass is 35.7. The van der Waals surface area contributed by atoms with Crippen LogP contribution in [-0.2, 0) is 20.2 Å². The van der Waals surface area contributed by atoms with Crippen molar-refractivity contribution in [1.82, 2.24) is 0 Å². The van der Waals surface area contributed by atoms with Crippen LogP contribution < -0.4 is 0 Å². The molecule has 20 heavy (non-hydrogen) atoms. The van der Waals surface area contributed by atoms with Gasteiger partial charge < -0.3 is 4.74 Å². The zero-order chi connectivity index (χ0) is 14.8. The fourth-order valence-corrected chi connectivity index (χ4v) is 3.20. The van der Waals surface area contributed by atoms with Crippen molar-refractivity contribution in [3.63, 3.8) is 0 Å². The lowest BCUT2D eigenvalue weighted by molar-refractivity contribution is 0.0316. The van der Waals surface area contributed by atoms with Crippen LogP contribution in [0.5, 0.6) is 0 Å². The highest BCUT2D eigenvalue weighted by molar-refractivity contribution is 8.13. The van der Waals surface area contributed by atoms with E-state index >= 15 is 0 Å². The van der Waals surface area contributed by atoms with Gasteiger partial charge in [-0.25, -0.2) is 13.2 Å². The van der Waals surface area contributed by atoms with E-state index in [9.17, 15) is 13.2 Å². The van der Waals surface area contributed by atoms with Crippen LogP contribution in [0, 0.1) is 0 Å². The van der Waals surface area contributed by atoms with Gasteiger partial charge in [0, 0.05) is 10.7 Å². The Kier molecular flexibility index (Phi) is 4.70. The molecule has 0 atom stereocenters. The van der Waals surface area contributed by atoms with Gasteiger partial charge in [0.2, 0.25) is 0 Å². The van der Waals surface area contributed by atoms with Gasteiger partial charge in [-0.3, -0.25) is 0 Å². The van der Waals surface area contributed by atoms with Gasteiger partial charge in [-0.1, -0.05) is 13.0 Å². The molecule has 0 spiro atoms. The normalized spacial score (nSPS) is 16.3. The minimum atomic E-state index is -3.85. The third kappa shape index (κ3) is 3.52. The highest BCUT2D eigenvalue weighted by Gasteiger charge is 2.23. The number of hydrogen-bond donors (Lipinski definition) is 0. The third-order valence-electron chi connectivity index (χ3n) is 3.54. The molecule has 0 aromatic heterocycles. The van der Waals surface area contributed by atoms with Crippen LogP contribution in [0.1, 0.15) is 48.5 Å². The molecule has 0 bridgehead atoms. The van der Waals surface area contributed by atoms with Crippen molar-refractivity contribution in [2.24, 2.45) is 0 Å². The lowest BCUT2D eigenvalue weighted by Gasteiger charge is -2.14. The molecule has 110 valence electrons. The topological polar surface area (TPSA) is 60.4 Å². The molecule has 1 aromatic rings. The molecule has 0 unspecified atom stereocenters. The molecular weight excluding hydrogens is 300 g/mol. The van der Waals surface area contributed by atoms with Gasteiger partial charge in [-0.2, -0.15) is 0 Å². The highest BCUT2D eigenvalue weighted by Crippen LogP contribution is 2.25. The average Bonchev–Trinajstić information content (AvgIpc) is 2.89. The maximum atomic E-state index is 12.2. The predicted molar refractivity (Wildman–Crippen MR) is 76.5 cm³/mol. The maximum absolute atomic E-state index is 12.2. The fourth-order valence-electron chi connectivity index (χ4n) is 2.43. The van der Waals surface area contributed by atoms with Crippen molar-refractivity contribution < 1.29 is 17.9 Å². The molecule has 4 nitrogen and oxygen atoms in total. The second kappa shape index (κ2) is 6.14. The Morgan fingerprint density at radius 3 is 2.55 bits per heavy atom. The zero-order valence-corrected chi connectivity index (χ0v) is 12.8. The standard InChI is InChI=1S/C14H17ClO4S/c1-2-10-7-8-12(20(15,17)18)9-13(10)14(16)19-11-5-3-4-6-11/h7-9,11H,2-6H2,1H3. The van der Waals surface area contributed by atoms with Gasteiger partial charge in [-0.05, 0) is 49.8 Å². The monoisotopic (exact) mass is 316 g/mol. The smallest absolute Gasteiger partial charge is 0.338 e. The minimum Gasteiger partial charge on any atom is -0.459 e. The molecule has 1 aromatic carbocycles. The number of rotatable bonds is 4.